The van der Waals surface area contributed by atoms with E-state index in [4.69, 9.17) is 4.74 Å². The van der Waals surface area contributed by atoms with Gasteiger partial charge in [0, 0.05) is 13.2 Å². The third-order valence-corrected chi connectivity index (χ3v) is 4.07. The number of carboxylic acid groups (broad SMARTS) is 1. The molecule has 1 aromatic carbocycles. The van der Waals surface area contributed by atoms with Crippen molar-refractivity contribution in [1.29, 1.82) is 0 Å². The summed E-state index contributed by atoms with van der Waals surface area (Å²) in [5.41, 5.74) is 1.44. The zero-order valence-corrected chi connectivity index (χ0v) is 11.3. The van der Waals surface area contributed by atoms with Crippen molar-refractivity contribution in [2.24, 2.45) is 5.92 Å². The number of benzene rings is 1. The number of hydrogen-bond donors (Lipinski definition) is 1. The molecule has 1 saturated heterocycles. The van der Waals surface area contributed by atoms with Crippen LogP contribution in [0.25, 0.3) is 11.0 Å². The average molecular weight is 275 g/mol. The van der Waals surface area contributed by atoms with Gasteiger partial charge in [-0.1, -0.05) is 11.3 Å². The molecule has 0 spiro atoms. The molecule has 0 aliphatic carbocycles. The number of ether oxygens (including phenoxy) is 1. The summed E-state index contributed by atoms with van der Waals surface area (Å²) in [7, 11) is 0. The Labute approximate surface area is 116 Å². The molecular weight excluding hydrogens is 258 g/mol. The molecule has 2 aromatic rings. The largest absolute Gasteiger partial charge is 0.478 e. The molecule has 0 amide bonds. The lowest BCUT2D eigenvalue weighted by Gasteiger charge is -2.27. The molecule has 1 aliphatic heterocycles. The van der Waals surface area contributed by atoms with Crippen LogP contribution >= 0.6 is 0 Å². The fourth-order valence-electron chi connectivity index (χ4n) is 2.83. The summed E-state index contributed by atoms with van der Waals surface area (Å²) in [5, 5.41) is 17.4. The molecule has 2 heterocycles. The molecular formula is C14H17N3O3. The molecule has 106 valence electrons. The van der Waals surface area contributed by atoms with E-state index in [1.165, 1.54) is 0 Å². The maximum absolute atomic E-state index is 11.2. The highest BCUT2D eigenvalue weighted by molar-refractivity contribution is 6.00. The minimum Gasteiger partial charge on any atom is -0.478 e. The van der Waals surface area contributed by atoms with Crippen LogP contribution in [0.5, 0.6) is 0 Å². The first-order valence-corrected chi connectivity index (χ1v) is 6.83. The normalized spacial score (nSPS) is 18.2. The fourth-order valence-corrected chi connectivity index (χ4v) is 2.83. The predicted octanol–water partition coefficient (Wildman–Crippen LogP) is 2.12. The summed E-state index contributed by atoms with van der Waals surface area (Å²) in [6.07, 6.45) is 2.00. The quantitative estimate of drug-likeness (QED) is 0.928. The van der Waals surface area contributed by atoms with Gasteiger partial charge < -0.3 is 9.84 Å². The Bertz CT molecular complexity index is 632. The molecule has 1 fully saturated rings. The molecule has 1 N–H and O–H groups in total. The summed E-state index contributed by atoms with van der Waals surface area (Å²) in [6, 6.07) is 5.36. The van der Waals surface area contributed by atoms with Crippen LogP contribution in [-0.2, 0) is 4.74 Å². The highest BCUT2D eigenvalue weighted by Gasteiger charge is 2.25. The van der Waals surface area contributed by atoms with E-state index in [0.717, 1.165) is 31.6 Å². The zero-order valence-electron chi connectivity index (χ0n) is 11.3. The number of aromatic nitrogens is 3. The maximum Gasteiger partial charge on any atom is 0.338 e. The topological polar surface area (TPSA) is 77.2 Å². The molecule has 1 aromatic heterocycles. The van der Waals surface area contributed by atoms with Crippen molar-refractivity contribution in [1.82, 2.24) is 15.0 Å². The van der Waals surface area contributed by atoms with Crippen molar-refractivity contribution in [2.75, 3.05) is 13.2 Å². The number of hydrogen-bond acceptors (Lipinski definition) is 4. The third kappa shape index (κ3) is 2.16. The van der Waals surface area contributed by atoms with E-state index in [9.17, 15) is 9.90 Å². The molecule has 0 saturated carbocycles. The third-order valence-electron chi connectivity index (χ3n) is 4.07. The molecule has 1 unspecified atom stereocenters. The summed E-state index contributed by atoms with van der Waals surface area (Å²) in [4.78, 5) is 11.2. The fraction of sp³-hybridized carbons (Fsp3) is 0.500. The molecule has 0 bridgehead atoms. The number of carboxylic acids is 1. The lowest BCUT2D eigenvalue weighted by molar-refractivity contribution is 0.0499. The van der Waals surface area contributed by atoms with Gasteiger partial charge in [-0.2, -0.15) is 0 Å². The Morgan fingerprint density at radius 3 is 2.90 bits per heavy atom. The highest BCUT2D eigenvalue weighted by atomic mass is 16.5. The molecule has 20 heavy (non-hydrogen) atoms. The van der Waals surface area contributed by atoms with E-state index in [1.54, 1.807) is 12.1 Å². The molecule has 1 aliphatic rings. The average Bonchev–Trinajstić information content (AvgIpc) is 2.91. The first-order chi connectivity index (χ1) is 9.68. The van der Waals surface area contributed by atoms with Crippen molar-refractivity contribution >= 4 is 17.0 Å². The monoisotopic (exact) mass is 275 g/mol. The van der Waals surface area contributed by atoms with Gasteiger partial charge in [-0.25, -0.2) is 9.48 Å². The summed E-state index contributed by atoms with van der Waals surface area (Å²) in [5.74, 6) is -0.483. The van der Waals surface area contributed by atoms with Gasteiger partial charge in [-0.05, 0) is 37.8 Å². The first-order valence-electron chi connectivity index (χ1n) is 6.83. The van der Waals surface area contributed by atoms with Gasteiger partial charge in [0.1, 0.15) is 5.52 Å². The van der Waals surface area contributed by atoms with E-state index >= 15 is 0 Å². The number of carbonyl (C=O) groups is 1. The van der Waals surface area contributed by atoms with Crippen LogP contribution in [0.1, 0.15) is 36.2 Å². The van der Waals surface area contributed by atoms with Crippen molar-refractivity contribution in [2.45, 2.75) is 25.8 Å². The minimum atomic E-state index is -0.971. The second kappa shape index (κ2) is 5.20. The van der Waals surface area contributed by atoms with E-state index in [-0.39, 0.29) is 11.6 Å². The number of rotatable bonds is 3. The Hall–Kier alpha value is -1.95. The molecule has 1 atom stereocenters. The van der Waals surface area contributed by atoms with E-state index in [0.29, 0.717) is 11.4 Å². The Morgan fingerprint density at radius 1 is 1.45 bits per heavy atom. The summed E-state index contributed by atoms with van der Waals surface area (Å²) in [6.45, 7) is 3.67. The van der Waals surface area contributed by atoms with E-state index < -0.39 is 5.97 Å². The highest BCUT2D eigenvalue weighted by Crippen LogP contribution is 2.29. The van der Waals surface area contributed by atoms with Crippen molar-refractivity contribution in [3.05, 3.63) is 23.8 Å². The van der Waals surface area contributed by atoms with Crippen molar-refractivity contribution in [3.63, 3.8) is 0 Å². The minimum absolute atomic E-state index is 0.188. The molecule has 6 heteroatoms. The molecule has 0 radical (unpaired) electrons. The maximum atomic E-state index is 11.2. The zero-order chi connectivity index (χ0) is 14.1. The van der Waals surface area contributed by atoms with Crippen LogP contribution in [0.3, 0.4) is 0 Å². The summed E-state index contributed by atoms with van der Waals surface area (Å²) >= 11 is 0. The number of aromatic carboxylic acids is 1. The Balaban J connectivity index is 1.99. The van der Waals surface area contributed by atoms with Gasteiger partial charge in [0.2, 0.25) is 0 Å². The van der Waals surface area contributed by atoms with Gasteiger partial charge >= 0.3 is 5.97 Å². The van der Waals surface area contributed by atoms with Crippen LogP contribution in [-0.4, -0.2) is 39.3 Å². The molecule has 3 rings (SSSR count). The van der Waals surface area contributed by atoms with Gasteiger partial charge in [-0.15, -0.1) is 5.10 Å². The van der Waals surface area contributed by atoms with Crippen LogP contribution in [0.2, 0.25) is 0 Å². The van der Waals surface area contributed by atoms with Crippen LogP contribution in [0.15, 0.2) is 18.2 Å². The Kier molecular flexibility index (Phi) is 3.40. The number of fused-ring (bicyclic) bond motifs is 1. The van der Waals surface area contributed by atoms with Gasteiger partial charge in [0.25, 0.3) is 0 Å². The second-order valence-corrected chi connectivity index (χ2v) is 5.20. The second-order valence-electron chi connectivity index (χ2n) is 5.20. The van der Waals surface area contributed by atoms with Gasteiger partial charge in [0.15, 0.2) is 0 Å². The van der Waals surface area contributed by atoms with E-state index in [2.05, 4.69) is 17.2 Å². The van der Waals surface area contributed by atoms with Gasteiger partial charge in [-0.3, -0.25) is 0 Å². The predicted molar refractivity (Wildman–Crippen MR) is 72.7 cm³/mol. The standard InChI is InChI=1S/C14H17N3O3/c1-9(10-5-7-20-8-6-10)17-12-4-2-3-11(14(18)19)13(12)15-16-17/h2-4,9-10H,5-8H2,1H3,(H,18,19). The SMILES string of the molecule is CC(C1CCOCC1)n1nnc2c(C(=O)O)cccc21. The van der Waals surface area contributed by atoms with Crippen LogP contribution in [0, 0.1) is 5.92 Å². The van der Waals surface area contributed by atoms with Crippen LogP contribution in [0.4, 0.5) is 0 Å². The summed E-state index contributed by atoms with van der Waals surface area (Å²) < 4.78 is 7.23. The van der Waals surface area contributed by atoms with Crippen molar-refractivity contribution < 1.29 is 14.6 Å². The molecule has 6 nitrogen and oxygen atoms in total. The Morgan fingerprint density at radius 2 is 2.20 bits per heavy atom. The van der Waals surface area contributed by atoms with Crippen LogP contribution < -0.4 is 0 Å². The first kappa shape index (κ1) is 13.1. The van der Waals surface area contributed by atoms with Crippen molar-refractivity contribution in [3.8, 4) is 0 Å². The smallest absolute Gasteiger partial charge is 0.338 e. The van der Waals surface area contributed by atoms with E-state index in [1.807, 2.05) is 10.7 Å². The van der Waals surface area contributed by atoms with Gasteiger partial charge in [0.05, 0.1) is 17.1 Å². The lowest BCUT2D eigenvalue weighted by atomic mass is 9.93. The number of nitrogens with zero attached hydrogens (tertiary/aromatic N) is 3. The lowest BCUT2D eigenvalue weighted by Crippen LogP contribution is -2.24.